The van der Waals surface area contributed by atoms with Gasteiger partial charge < -0.3 is 4.90 Å². The van der Waals surface area contributed by atoms with Crippen LogP contribution in [0.15, 0.2) is 103 Å². The lowest BCUT2D eigenvalue weighted by atomic mass is 9.67. The number of fused-ring (bicyclic) bond motifs is 3. The molecule has 0 saturated heterocycles. The second kappa shape index (κ2) is 7.59. The third-order valence-corrected chi connectivity index (χ3v) is 9.55. The lowest BCUT2D eigenvalue weighted by Gasteiger charge is -2.46. The van der Waals surface area contributed by atoms with Gasteiger partial charge in [-0.25, -0.2) is 0 Å². The zero-order valence-corrected chi connectivity index (χ0v) is 21.5. The number of hydrogen-bond acceptors (Lipinski definition) is 1. The van der Waals surface area contributed by atoms with E-state index in [1.54, 1.807) is 0 Å². The van der Waals surface area contributed by atoms with E-state index in [4.69, 9.17) is 0 Å². The van der Waals surface area contributed by atoms with Crippen LogP contribution < -0.4 is 4.90 Å². The van der Waals surface area contributed by atoms with Gasteiger partial charge in [0.05, 0.1) is 0 Å². The highest BCUT2D eigenvalue weighted by Crippen LogP contribution is 2.59. The van der Waals surface area contributed by atoms with E-state index in [9.17, 15) is 0 Å². The van der Waals surface area contributed by atoms with Gasteiger partial charge in [0.2, 0.25) is 0 Å². The molecule has 1 nitrogen and oxygen atoms in total. The first kappa shape index (κ1) is 21.3. The summed E-state index contributed by atoms with van der Waals surface area (Å²) in [7, 11) is 0. The highest BCUT2D eigenvalue weighted by atomic mass is 15.2. The van der Waals surface area contributed by atoms with Gasteiger partial charge in [0.15, 0.2) is 0 Å². The summed E-state index contributed by atoms with van der Waals surface area (Å²) in [6.45, 7) is 4.99. The third-order valence-electron chi connectivity index (χ3n) is 9.55. The molecule has 0 aromatic heterocycles. The summed E-state index contributed by atoms with van der Waals surface area (Å²) in [5.74, 6) is 1.21. The molecule has 0 N–H and O–H groups in total. The second-order valence-corrected chi connectivity index (χ2v) is 11.6. The van der Waals surface area contributed by atoms with Crippen molar-refractivity contribution in [2.75, 3.05) is 4.90 Å². The molecule has 37 heavy (non-hydrogen) atoms. The molecule has 6 aromatic rings. The summed E-state index contributed by atoms with van der Waals surface area (Å²) in [6.07, 6.45) is 3.85. The van der Waals surface area contributed by atoms with Crippen molar-refractivity contribution in [1.82, 2.24) is 0 Å². The lowest BCUT2D eigenvalue weighted by molar-refractivity contribution is 0.223. The van der Waals surface area contributed by atoms with Gasteiger partial charge in [0.1, 0.15) is 0 Å². The molecule has 1 heterocycles. The Morgan fingerprint density at radius 1 is 0.730 bits per heavy atom. The van der Waals surface area contributed by atoms with Crippen LogP contribution in [0.5, 0.6) is 0 Å². The Balaban J connectivity index is 1.37. The molecule has 3 unspecified atom stereocenters. The smallest absolute Gasteiger partial charge is 0.0495 e. The van der Waals surface area contributed by atoms with Crippen LogP contribution >= 0.6 is 0 Å². The number of rotatable bonds is 2. The third kappa shape index (κ3) is 2.86. The van der Waals surface area contributed by atoms with Gasteiger partial charge in [0.25, 0.3) is 0 Å². The molecule has 2 aliphatic rings. The highest BCUT2D eigenvalue weighted by Gasteiger charge is 2.52. The fourth-order valence-electron chi connectivity index (χ4n) is 8.06. The van der Waals surface area contributed by atoms with Crippen LogP contribution in [0.1, 0.15) is 44.6 Å². The van der Waals surface area contributed by atoms with Crippen molar-refractivity contribution in [3.8, 4) is 11.1 Å². The lowest BCUT2D eigenvalue weighted by Crippen LogP contribution is -2.47. The fraction of sp³-hybridized carbons (Fsp3) is 0.222. The molecule has 1 saturated carbocycles. The summed E-state index contributed by atoms with van der Waals surface area (Å²) in [4.78, 5) is 2.66. The van der Waals surface area contributed by atoms with Crippen LogP contribution in [0.4, 0.5) is 11.4 Å². The van der Waals surface area contributed by atoms with E-state index in [1.165, 1.54) is 79.6 Å². The molecule has 0 spiro atoms. The van der Waals surface area contributed by atoms with E-state index in [2.05, 4.69) is 122 Å². The van der Waals surface area contributed by atoms with E-state index in [0.29, 0.717) is 11.8 Å². The zero-order valence-electron chi connectivity index (χ0n) is 21.5. The number of hydrogen-bond donors (Lipinski definition) is 0. The molecule has 0 amide bonds. The van der Waals surface area contributed by atoms with E-state index < -0.39 is 0 Å². The SMILES string of the molecule is CC1CCCC2(C)C1c1cc(-c3ccc4ccc5cccc6ccc3c4c56)ccc1N2c1ccccc1. The Morgan fingerprint density at radius 3 is 2.27 bits per heavy atom. The van der Waals surface area contributed by atoms with Gasteiger partial charge in [-0.2, -0.15) is 0 Å². The summed E-state index contributed by atoms with van der Waals surface area (Å²) < 4.78 is 0. The Morgan fingerprint density at radius 2 is 1.46 bits per heavy atom. The number of nitrogens with zero attached hydrogens (tertiary/aromatic N) is 1. The van der Waals surface area contributed by atoms with E-state index in [-0.39, 0.29) is 5.54 Å². The monoisotopic (exact) mass is 477 g/mol. The van der Waals surface area contributed by atoms with Gasteiger partial charge >= 0.3 is 0 Å². The molecule has 1 heteroatoms. The van der Waals surface area contributed by atoms with Crippen molar-refractivity contribution in [2.45, 2.75) is 44.6 Å². The maximum Gasteiger partial charge on any atom is 0.0495 e. The minimum absolute atomic E-state index is 0.114. The summed E-state index contributed by atoms with van der Waals surface area (Å²) in [5, 5.41) is 8.13. The summed E-state index contributed by atoms with van der Waals surface area (Å²) in [5.41, 5.74) is 7.04. The number of benzene rings is 6. The number of anilines is 2. The quantitative estimate of drug-likeness (QED) is 0.224. The van der Waals surface area contributed by atoms with Crippen molar-refractivity contribution >= 4 is 43.7 Å². The Labute approximate surface area is 218 Å². The van der Waals surface area contributed by atoms with Gasteiger partial charge in [-0.15, -0.1) is 0 Å². The predicted molar refractivity (Wildman–Crippen MR) is 158 cm³/mol. The van der Waals surface area contributed by atoms with Gasteiger partial charge in [-0.1, -0.05) is 92.2 Å². The normalized spacial score (nSPS) is 23.1. The van der Waals surface area contributed by atoms with Crippen LogP contribution in [0, 0.1) is 5.92 Å². The maximum atomic E-state index is 2.66. The molecule has 3 atom stereocenters. The average Bonchev–Trinajstić information content (AvgIpc) is 3.20. The second-order valence-electron chi connectivity index (χ2n) is 11.6. The van der Waals surface area contributed by atoms with Crippen molar-refractivity contribution in [3.05, 3.63) is 109 Å². The molecule has 180 valence electrons. The van der Waals surface area contributed by atoms with Crippen molar-refractivity contribution in [1.29, 1.82) is 0 Å². The van der Waals surface area contributed by atoms with Crippen LogP contribution in [0.3, 0.4) is 0 Å². The first-order valence-electron chi connectivity index (χ1n) is 13.8. The van der Waals surface area contributed by atoms with Gasteiger partial charge in [-0.3, -0.25) is 0 Å². The molecule has 1 aliphatic heterocycles. The highest BCUT2D eigenvalue weighted by molar-refractivity contribution is 6.25. The first-order chi connectivity index (χ1) is 18.1. The minimum atomic E-state index is 0.114. The van der Waals surface area contributed by atoms with Crippen LogP contribution in [-0.2, 0) is 0 Å². The molecule has 8 rings (SSSR count). The molecule has 1 aliphatic carbocycles. The Bertz CT molecular complexity index is 1780. The maximum absolute atomic E-state index is 2.66. The predicted octanol–water partition coefficient (Wildman–Crippen LogP) is 10.1. The fourth-order valence-corrected chi connectivity index (χ4v) is 8.06. The Hall–Kier alpha value is -3.84. The van der Waals surface area contributed by atoms with Gasteiger partial charge in [0, 0.05) is 22.8 Å². The topological polar surface area (TPSA) is 3.24 Å². The van der Waals surface area contributed by atoms with Crippen molar-refractivity contribution in [2.24, 2.45) is 5.92 Å². The number of para-hydroxylation sites is 1. The largest absolute Gasteiger partial charge is 0.335 e. The minimum Gasteiger partial charge on any atom is -0.335 e. The van der Waals surface area contributed by atoms with Crippen LogP contribution in [0.2, 0.25) is 0 Å². The molecule has 0 bridgehead atoms. The molecule has 6 aromatic carbocycles. The van der Waals surface area contributed by atoms with E-state index in [1.807, 2.05) is 0 Å². The first-order valence-corrected chi connectivity index (χ1v) is 13.8. The van der Waals surface area contributed by atoms with Gasteiger partial charge in [-0.05, 0) is 99.0 Å². The Kier molecular flexibility index (Phi) is 4.36. The van der Waals surface area contributed by atoms with Crippen LogP contribution in [0.25, 0.3) is 43.4 Å². The molecular formula is C36H31N. The van der Waals surface area contributed by atoms with Crippen molar-refractivity contribution in [3.63, 3.8) is 0 Å². The molecule has 0 radical (unpaired) electrons. The molecular weight excluding hydrogens is 446 g/mol. The van der Waals surface area contributed by atoms with Crippen LogP contribution in [-0.4, -0.2) is 5.54 Å². The summed E-state index contributed by atoms with van der Waals surface area (Å²) in [6, 6.07) is 38.9. The summed E-state index contributed by atoms with van der Waals surface area (Å²) >= 11 is 0. The van der Waals surface area contributed by atoms with Crippen molar-refractivity contribution < 1.29 is 0 Å². The van der Waals surface area contributed by atoms with E-state index in [0.717, 1.165) is 0 Å². The molecule has 1 fully saturated rings. The zero-order chi connectivity index (χ0) is 24.7. The average molecular weight is 478 g/mol. The van der Waals surface area contributed by atoms with E-state index >= 15 is 0 Å². The standard InChI is InChI=1S/C36H31N/c1-23-8-7-21-36(2)35(23)31-22-27(17-20-32(31)37(36)28-11-4-3-5-12-28)29-18-15-26-14-13-24-9-6-10-25-16-19-30(29)34(26)33(24)25/h3-6,9-20,22-23,35H,7-8,21H2,1-2H3.